The molecule has 1 fully saturated rings. The zero-order valence-corrected chi connectivity index (χ0v) is 19.5. The summed E-state index contributed by atoms with van der Waals surface area (Å²) in [6, 6.07) is 7.12. The Morgan fingerprint density at radius 3 is 2.65 bits per heavy atom. The van der Waals surface area contributed by atoms with Crippen LogP contribution < -0.4 is 15.0 Å². The van der Waals surface area contributed by atoms with Crippen LogP contribution in [-0.2, 0) is 9.53 Å². The Morgan fingerprint density at radius 2 is 2.00 bits per heavy atom. The maximum absolute atomic E-state index is 12.9. The lowest BCUT2D eigenvalue weighted by Crippen LogP contribution is -2.44. The highest BCUT2D eigenvalue weighted by molar-refractivity contribution is 5.96. The fourth-order valence-corrected chi connectivity index (χ4v) is 3.77. The number of rotatable bonds is 8. The van der Waals surface area contributed by atoms with E-state index in [0.29, 0.717) is 37.6 Å². The zero-order chi connectivity index (χ0) is 24.7. The summed E-state index contributed by atoms with van der Waals surface area (Å²) in [6.07, 6.45) is 2.33. The third kappa shape index (κ3) is 5.98. The predicted molar refractivity (Wildman–Crippen MR) is 126 cm³/mol. The first-order valence-corrected chi connectivity index (χ1v) is 11.1. The number of aromatic nitrogens is 1. The monoisotopic (exact) mass is 471 g/mol. The number of nitro benzene ring substituents is 1. The van der Waals surface area contributed by atoms with Gasteiger partial charge in [-0.1, -0.05) is 0 Å². The quantitative estimate of drug-likeness (QED) is 0.351. The molecule has 1 N–H and O–H groups in total. The molecule has 1 aliphatic heterocycles. The number of pyridine rings is 1. The SMILES string of the molecule is CCOC(=O)c1ccc(N2CCCN(C(C)C(=O)Nc3cc([N+](=O)[O-])ccc3OC)CC2)nc1. The first-order chi connectivity index (χ1) is 16.3. The first kappa shape index (κ1) is 24.9. The van der Waals surface area contributed by atoms with Gasteiger partial charge in [-0.15, -0.1) is 0 Å². The van der Waals surface area contributed by atoms with E-state index in [1.165, 1.54) is 31.5 Å². The normalized spacial score (nSPS) is 15.2. The Balaban J connectivity index is 1.62. The third-order valence-electron chi connectivity index (χ3n) is 5.69. The van der Waals surface area contributed by atoms with Gasteiger partial charge >= 0.3 is 5.97 Å². The number of methoxy groups -OCH3 is 1. The molecule has 1 saturated heterocycles. The number of non-ortho nitro benzene ring substituents is 1. The van der Waals surface area contributed by atoms with Gasteiger partial charge in [0, 0.05) is 44.5 Å². The molecule has 182 valence electrons. The second kappa shape index (κ2) is 11.4. The van der Waals surface area contributed by atoms with Crippen molar-refractivity contribution in [2.75, 3.05) is 50.1 Å². The van der Waals surface area contributed by atoms with E-state index in [1.54, 1.807) is 26.0 Å². The molecule has 0 bridgehead atoms. The van der Waals surface area contributed by atoms with Crippen molar-refractivity contribution in [3.8, 4) is 5.75 Å². The molecule has 11 nitrogen and oxygen atoms in total. The van der Waals surface area contributed by atoms with Gasteiger partial charge < -0.3 is 19.7 Å². The van der Waals surface area contributed by atoms with Crippen molar-refractivity contribution in [3.05, 3.63) is 52.2 Å². The average molecular weight is 472 g/mol. The number of carbonyl (C=O) groups is 2. The largest absolute Gasteiger partial charge is 0.495 e. The molecule has 2 heterocycles. The number of carbonyl (C=O) groups excluding carboxylic acids is 2. The van der Waals surface area contributed by atoms with Crippen molar-refractivity contribution in [1.29, 1.82) is 0 Å². The number of hydrogen-bond donors (Lipinski definition) is 1. The number of benzene rings is 1. The number of hydrogen-bond acceptors (Lipinski definition) is 9. The fraction of sp³-hybridized carbons (Fsp3) is 0.435. The number of nitrogens with one attached hydrogen (secondary N) is 1. The second-order valence-corrected chi connectivity index (χ2v) is 7.81. The van der Waals surface area contributed by atoms with E-state index in [0.717, 1.165) is 18.8 Å². The highest BCUT2D eigenvalue weighted by Crippen LogP contribution is 2.29. The van der Waals surface area contributed by atoms with E-state index in [4.69, 9.17) is 9.47 Å². The van der Waals surface area contributed by atoms with Gasteiger partial charge in [-0.3, -0.25) is 19.8 Å². The second-order valence-electron chi connectivity index (χ2n) is 7.81. The van der Waals surface area contributed by atoms with Crippen LogP contribution in [0.15, 0.2) is 36.5 Å². The minimum Gasteiger partial charge on any atom is -0.495 e. The standard InChI is InChI=1S/C23H29N5O6/c1-4-34-23(30)17-6-9-21(24-15-17)27-11-5-10-26(12-13-27)16(2)22(29)25-19-14-18(28(31)32)7-8-20(19)33-3/h6-9,14-16H,4-5,10-13H2,1-3H3,(H,25,29). The lowest BCUT2D eigenvalue weighted by atomic mass is 10.2. The fourth-order valence-electron chi connectivity index (χ4n) is 3.77. The van der Waals surface area contributed by atoms with Crippen molar-refractivity contribution in [2.45, 2.75) is 26.3 Å². The molecule has 34 heavy (non-hydrogen) atoms. The molecule has 0 aliphatic carbocycles. The van der Waals surface area contributed by atoms with Crippen molar-refractivity contribution in [1.82, 2.24) is 9.88 Å². The molecule has 1 atom stereocenters. The molecule has 0 radical (unpaired) electrons. The number of nitrogens with zero attached hydrogens (tertiary/aromatic N) is 4. The molecule has 1 aliphatic rings. The van der Waals surface area contributed by atoms with E-state index in [9.17, 15) is 19.7 Å². The first-order valence-electron chi connectivity index (χ1n) is 11.1. The van der Waals surface area contributed by atoms with E-state index in [-0.39, 0.29) is 17.3 Å². The van der Waals surface area contributed by atoms with Crippen molar-refractivity contribution >= 4 is 29.1 Å². The van der Waals surface area contributed by atoms with Crippen LogP contribution in [0.5, 0.6) is 5.75 Å². The van der Waals surface area contributed by atoms with E-state index in [2.05, 4.69) is 20.1 Å². The molecule has 1 aromatic carbocycles. The highest BCUT2D eigenvalue weighted by atomic mass is 16.6. The summed E-state index contributed by atoms with van der Waals surface area (Å²) in [4.78, 5) is 43.9. The summed E-state index contributed by atoms with van der Waals surface area (Å²) >= 11 is 0. The van der Waals surface area contributed by atoms with Crippen LogP contribution in [0.2, 0.25) is 0 Å². The lowest BCUT2D eigenvalue weighted by molar-refractivity contribution is -0.384. The van der Waals surface area contributed by atoms with Crippen LogP contribution >= 0.6 is 0 Å². The summed E-state index contributed by atoms with van der Waals surface area (Å²) in [5, 5.41) is 13.9. The maximum atomic E-state index is 12.9. The van der Waals surface area contributed by atoms with Crippen LogP contribution in [-0.4, -0.2) is 72.6 Å². The summed E-state index contributed by atoms with van der Waals surface area (Å²) in [5.74, 6) is 0.437. The molecule has 1 unspecified atom stereocenters. The minimum atomic E-state index is -0.519. The van der Waals surface area contributed by atoms with Crippen LogP contribution in [0.1, 0.15) is 30.6 Å². The predicted octanol–water partition coefficient (Wildman–Crippen LogP) is 2.71. The van der Waals surface area contributed by atoms with Gasteiger partial charge in [-0.2, -0.15) is 0 Å². The highest BCUT2D eigenvalue weighted by Gasteiger charge is 2.26. The molecule has 2 aromatic rings. The van der Waals surface area contributed by atoms with E-state index in [1.807, 2.05) is 0 Å². The number of nitro groups is 1. The Morgan fingerprint density at radius 1 is 1.21 bits per heavy atom. The summed E-state index contributed by atoms with van der Waals surface area (Å²) in [6.45, 7) is 6.62. The Kier molecular flexibility index (Phi) is 8.36. The van der Waals surface area contributed by atoms with E-state index >= 15 is 0 Å². The van der Waals surface area contributed by atoms with E-state index < -0.39 is 16.9 Å². The molecular formula is C23H29N5O6. The number of amides is 1. The summed E-state index contributed by atoms with van der Waals surface area (Å²) in [5.41, 5.74) is 0.537. The van der Waals surface area contributed by atoms with Crippen LogP contribution in [0.4, 0.5) is 17.2 Å². The molecule has 1 amide bonds. The number of anilines is 2. The maximum Gasteiger partial charge on any atom is 0.339 e. The number of esters is 1. The smallest absolute Gasteiger partial charge is 0.339 e. The average Bonchev–Trinajstić information content (AvgIpc) is 3.10. The van der Waals surface area contributed by atoms with Crippen LogP contribution in [0, 0.1) is 10.1 Å². The van der Waals surface area contributed by atoms with Gasteiger partial charge in [0.15, 0.2) is 0 Å². The summed E-state index contributed by atoms with van der Waals surface area (Å²) < 4.78 is 10.2. The molecular weight excluding hydrogens is 442 g/mol. The third-order valence-corrected chi connectivity index (χ3v) is 5.69. The molecule has 11 heteroatoms. The Labute approximate surface area is 197 Å². The van der Waals surface area contributed by atoms with Crippen LogP contribution in [0.3, 0.4) is 0 Å². The van der Waals surface area contributed by atoms with Crippen molar-refractivity contribution in [2.24, 2.45) is 0 Å². The van der Waals surface area contributed by atoms with Gasteiger partial charge in [0.1, 0.15) is 11.6 Å². The van der Waals surface area contributed by atoms with Gasteiger partial charge in [0.2, 0.25) is 5.91 Å². The molecule has 1 aromatic heterocycles. The zero-order valence-electron chi connectivity index (χ0n) is 19.5. The minimum absolute atomic E-state index is 0.129. The van der Waals surface area contributed by atoms with Crippen LogP contribution in [0.25, 0.3) is 0 Å². The molecule has 0 spiro atoms. The number of ether oxygens (including phenoxy) is 2. The summed E-state index contributed by atoms with van der Waals surface area (Å²) in [7, 11) is 1.44. The van der Waals surface area contributed by atoms with Crippen molar-refractivity contribution < 1.29 is 24.0 Å². The van der Waals surface area contributed by atoms with Gasteiger partial charge in [-0.05, 0) is 38.5 Å². The Bertz CT molecular complexity index is 1030. The van der Waals surface area contributed by atoms with Gasteiger partial charge in [-0.25, -0.2) is 9.78 Å². The molecule has 0 saturated carbocycles. The Hall–Kier alpha value is -3.73. The van der Waals surface area contributed by atoms with Crippen molar-refractivity contribution in [3.63, 3.8) is 0 Å². The lowest BCUT2D eigenvalue weighted by Gasteiger charge is -2.27. The topological polar surface area (TPSA) is 127 Å². The molecule has 3 rings (SSSR count). The van der Waals surface area contributed by atoms with Gasteiger partial charge in [0.05, 0.1) is 35.9 Å². The van der Waals surface area contributed by atoms with Gasteiger partial charge in [0.25, 0.3) is 5.69 Å².